The molecule has 1 saturated carbocycles. The van der Waals surface area contributed by atoms with Gasteiger partial charge in [-0.2, -0.15) is 0 Å². The average molecular weight is 392 g/mol. The Kier molecular flexibility index (Phi) is 7.00. The smallest absolute Gasteiger partial charge is 0.318 e. The number of urea groups is 1. The molecule has 6 heteroatoms. The van der Waals surface area contributed by atoms with Gasteiger partial charge in [-0.1, -0.05) is 43.0 Å². The Balaban J connectivity index is 1.62. The molecule has 1 N–H and O–H groups in total. The molecule has 1 aliphatic heterocycles. The molecule has 148 valence electrons. The van der Waals surface area contributed by atoms with Crippen molar-refractivity contribution in [3.63, 3.8) is 0 Å². The highest BCUT2D eigenvalue weighted by Crippen LogP contribution is 2.23. The Hall–Kier alpha value is -1.75. The molecule has 1 heterocycles. The molecule has 3 amide bonds. The lowest BCUT2D eigenvalue weighted by atomic mass is 9.96. The van der Waals surface area contributed by atoms with E-state index in [0.717, 1.165) is 31.2 Å². The van der Waals surface area contributed by atoms with E-state index in [1.807, 2.05) is 36.1 Å². The quantitative estimate of drug-likeness (QED) is 0.817. The van der Waals surface area contributed by atoms with Crippen molar-refractivity contribution >= 4 is 23.5 Å². The molecule has 0 aromatic heterocycles. The summed E-state index contributed by atoms with van der Waals surface area (Å²) in [6.07, 6.45) is 7.34. The van der Waals surface area contributed by atoms with Crippen molar-refractivity contribution in [1.82, 2.24) is 15.1 Å². The number of nitrogens with one attached hydrogen (secondary N) is 1. The van der Waals surface area contributed by atoms with E-state index >= 15 is 0 Å². The summed E-state index contributed by atoms with van der Waals surface area (Å²) in [7, 11) is 0. The summed E-state index contributed by atoms with van der Waals surface area (Å²) in [6, 6.07) is 7.42. The number of nitrogens with zero attached hydrogens (tertiary/aromatic N) is 2. The first-order valence-electron chi connectivity index (χ1n) is 10.2. The van der Waals surface area contributed by atoms with Crippen LogP contribution in [0.1, 0.15) is 57.4 Å². The number of hydrogen-bond donors (Lipinski definition) is 1. The highest BCUT2D eigenvalue weighted by atomic mass is 35.5. The molecule has 0 radical (unpaired) electrons. The van der Waals surface area contributed by atoms with Crippen LogP contribution in [0.2, 0.25) is 5.02 Å². The number of benzene rings is 1. The van der Waals surface area contributed by atoms with Gasteiger partial charge in [0.1, 0.15) is 6.04 Å². The van der Waals surface area contributed by atoms with Crippen molar-refractivity contribution in [2.75, 3.05) is 13.1 Å². The molecule has 1 atom stereocenters. The maximum absolute atomic E-state index is 13.1. The van der Waals surface area contributed by atoms with E-state index in [0.29, 0.717) is 24.7 Å². The standard InChI is InChI=1S/C21H30ClN3O2/c1-2-24(15-16-10-12-17(22)13-11-16)20(26)19-9-6-14-25(19)21(27)23-18-7-4-3-5-8-18/h10-13,18-19H,2-9,14-15H2,1H3,(H,23,27)/t19-/m1/s1. The second-order valence-electron chi connectivity index (χ2n) is 7.61. The Labute approximate surface area is 167 Å². The number of amides is 3. The zero-order valence-electron chi connectivity index (χ0n) is 16.1. The van der Waals surface area contributed by atoms with Crippen molar-refractivity contribution in [2.45, 2.75) is 70.5 Å². The van der Waals surface area contributed by atoms with Crippen molar-refractivity contribution in [3.05, 3.63) is 34.9 Å². The second-order valence-corrected chi connectivity index (χ2v) is 8.05. The van der Waals surface area contributed by atoms with Crippen LogP contribution < -0.4 is 5.32 Å². The fourth-order valence-electron chi connectivity index (χ4n) is 4.14. The summed E-state index contributed by atoms with van der Waals surface area (Å²) in [5, 5.41) is 3.85. The predicted octanol–water partition coefficient (Wildman–Crippen LogP) is 4.20. The van der Waals surface area contributed by atoms with Crippen molar-refractivity contribution < 1.29 is 9.59 Å². The van der Waals surface area contributed by atoms with Crippen molar-refractivity contribution in [1.29, 1.82) is 0 Å². The normalized spacial score (nSPS) is 20.5. The van der Waals surface area contributed by atoms with E-state index in [2.05, 4.69) is 5.32 Å². The lowest BCUT2D eigenvalue weighted by Crippen LogP contribution is -2.52. The Morgan fingerprint density at radius 1 is 1.11 bits per heavy atom. The van der Waals surface area contributed by atoms with Crippen LogP contribution in [0.25, 0.3) is 0 Å². The number of carbonyl (C=O) groups excluding carboxylic acids is 2. The molecule has 0 bridgehead atoms. The molecule has 0 spiro atoms. The molecule has 5 nitrogen and oxygen atoms in total. The van der Waals surface area contributed by atoms with Gasteiger partial charge >= 0.3 is 6.03 Å². The number of hydrogen-bond acceptors (Lipinski definition) is 2. The van der Waals surface area contributed by atoms with E-state index in [1.54, 1.807) is 4.90 Å². The summed E-state index contributed by atoms with van der Waals surface area (Å²) in [4.78, 5) is 29.5. The summed E-state index contributed by atoms with van der Waals surface area (Å²) >= 11 is 5.95. The van der Waals surface area contributed by atoms with E-state index in [-0.39, 0.29) is 24.0 Å². The minimum Gasteiger partial charge on any atom is -0.337 e. The van der Waals surface area contributed by atoms with Crippen LogP contribution >= 0.6 is 11.6 Å². The summed E-state index contributed by atoms with van der Waals surface area (Å²) in [5.74, 6) is 0.0451. The van der Waals surface area contributed by atoms with Crippen LogP contribution in [0.3, 0.4) is 0 Å². The first kappa shape index (κ1) is 20.0. The lowest BCUT2D eigenvalue weighted by molar-refractivity contribution is -0.135. The van der Waals surface area contributed by atoms with E-state index < -0.39 is 0 Å². The van der Waals surface area contributed by atoms with Gasteiger partial charge in [0, 0.05) is 30.7 Å². The second kappa shape index (κ2) is 9.45. The third kappa shape index (κ3) is 5.16. The SMILES string of the molecule is CCN(Cc1ccc(Cl)cc1)C(=O)[C@H]1CCCN1C(=O)NC1CCCCC1. The van der Waals surface area contributed by atoms with Gasteiger partial charge in [-0.3, -0.25) is 4.79 Å². The number of likely N-dealkylation sites (N-methyl/N-ethyl adjacent to an activating group) is 1. The molecule has 1 aliphatic carbocycles. The van der Waals surface area contributed by atoms with Gasteiger partial charge in [0.25, 0.3) is 0 Å². The van der Waals surface area contributed by atoms with Crippen LogP contribution in [-0.2, 0) is 11.3 Å². The van der Waals surface area contributed by atoms with Gasteiger partial charge in [0.2, 0.25) is 5.91 Å². The van der Waals surface area contributed by atoms with Crippen molar-refractivity contribution in [3.8, 4) is 0 Å². The largest absolute Gasteiger partial charge is 0.337 e. The molecule has 1 saturated heterocycles. The molecule has 2 aliphatic rings. The zero-order chi connectivity index (χ0) is 19.2. The van der Waals surface area contributed by atoms with Crippen LogP contribution in [0.4, 0.5) is 4.79 Å². The van der Waals surface area contributed by atoms with Crippen LogP contribution in [0.5, 0.6) is 0 Å². The molecule has 1 aromatic rings. The minimum absolute atomic E-state index is 0.0451. The van der Waals surface area contributed by atoms with Crippen LogP contribution in [0.15, 0.2) is 24.3 Å². The molecule has 3 rings (SSSR count). The average Bonchev–Trinajstić information content (AvgIpc) is 3.18. The molecule has 27 heavy (non-hydrogen) atoms. The summed E-state index contributed by atoms with van der Waals surface area (Å²) < 4.78 is 0. The third-order valence-electron chi connectivity index (χ3n) is 5.71. The maximum atomic E-state index is 13.1. The highest BCUT2D eigenvalue weighted by molar-refractivity contribution is 6.30. The topological polar surface area (TPSA) is 52.7 Å². The Morgan fingerprint density at radius 2 is 1.81 bits per heavy atom. The van der Waals surface area contributed by atoms with Gasteiger partial charge in [-0.25, -0.2) is 4.79 Å². The number of carbonyl (C=O) groups is 2. The molecule has 1 aromatic carbocycles. The Bertz CT molecular complexity index is 643. The van der Waals surface area contributed by atoms with Gasteiger partial charge in [0.15, 0.2) is 0 Å². The lowest BCUT2D eigenvalue weighted by Gasteiger charge is -2.32. The summed E-state index contributed by atoms with van der Waals surface area (Å²) in [5.41, 5.74) is 1.05. The number of likely N-dealkylation sites (tertiary alicyclic amines) is 1. The van der Waals surface area contributed by atoms with Crippen LogP contribution in [0, 0.1) is 0 Å². The molecule has 0 unspecified atom stereocenters. The zero-order valence-corrected chi connectivity index (χ0v) is 16.9. The van der Waals surface area contributed by atoms with Gasteiger partial charge < -0.3 is 15.1 Å². The fraction of sp³-hybridized carbons (Fsp3) is 0.619. The predicted molar refractivity (Wildman–Crippen MR) is 108 cm³/mol. The summed E-state index contributed by atoms with van der Waals surface area (Å²) in [6.45, 7) is 3.81. The maximum Gasteiger partial charge on any atom is 0.318 e. The Morgan fingerprint density at radius 3 is 2.48 bits per heavy atom. The van der Waals surface area contributed by atoms with Gasteiger partial charge in [-0.05, 0) is 50.3 Å². The fourth-order valence-corrected chi connectivity index (χ4v) is 4.26. The third-order valence-corrected chi connectivity index (χ3v) is 5.96. The molecular weight excluding hydrogens is 362 g/mol. The van der Waals surface area contributed by atoms with E-state index in [1.165, 1.54) is 19.3 Å². The van der Waals surface area contributed by atoms with Crippen molar-refractivity contribution in [2.24, 2.45) is 0 Å². The molecule has 2 fully saturated rings. The van der Waals surface area contributed by atoms with E-state index in [4.69, 9.17) is 11.6 Å². The highest BCUT2D eigenvalue weighted by Gasteiger charge is 2.36. The van der Waals surface area contributed by atoms with Gasteiger partial charge in [0.05, 0.1) is 0 Å². The van der Waals surface area contributed by atoms with Crippen LogP contribution in [-0.4, -0.2) is 46.9 Å². The van der Waals surface area contributed by atoms with E-state index in [9.17, 15) is 9.59 Å². The molecular formula is C21H30ClN3O2. The minimum atomic E-state index is -0.346. The first-order valence-corrected chi connectivity index (χ1v) is 10.6. The number of rotatable bonds is 5. The monoisotopic (exact) mass is 391 g/mol. The first-order chi connectivity index (χ1) is 13.1. The number of halogens is 1. The van der Waals surface area contributed by atoms with Gasteiger partial charge in [-0.15, -0.1) is 0 Å².